The minimum atomic E-state index is -3.03. The van der Waals surface area contributed by atoms with Crippen molar-refractivity contribution in [2.75, 3.05) is 20.6 Å². The summed E-state index contributed by atoms with van der Waals surface area (Å²) in [7, 11) is -1.36. The molecule has 0 N–H and O–H groups in total. The summed E-state index contributed by atoms with van der Waals surface area (Å²) in [5.41, 5.74) is -1.69. The van der Waals surface area contributed by atoms with Crippen molar-refractivity contribution in [3.63, 3.8) is 0 Å². The van der Waals surface area contributed by atoms with Crippen LogP contribution in [0.1, 0.15) is 44.0 Å². The van der Waals surface area contributed by atoms with Crippen molar-refractivity contribution in [2.45, 2.75) is 43.1 Å². The molecule has 1 unspecified atom stereocenters. The maximum absolute atomic E-state index is 13.3. The van der Waals surface area contributed by atoms with Crippen molar-refractivity contribution in [2.24, 2.45) is 5.92 Å². The van der Waals surface area contributed by atoms with Gasteiger partial charge >= 0.3 is 0 Å². The van der Waals surface area contributed by atoms with E-state index in [0.29, 0.717) is 0 Å². The number of likely N-dealkylation sites (tertiary alicyclic amines) is 1. The first-order valence-corrected chi connectivity index (χ1v) is 7.32. The van der Waals surface area contributed by atoms with Crippen molar-refractivity contribution in [3.05, 3.63) is 23.2 Å². The van der Waals surface area contributed by atoms with Gasteiger partial charge in [0.15, 0.2) is 23.4 Å². The van der Waals surface area contributed by atoms with Gasteiger partial charge in [0.05, 0.1) is 15.3 Å². The highest BCUT2D eigenvalue weighted by Gasteiger charge is 2.65. The molecule has 4 aliphatic rings. The van der Waals surface area contributed by atoms with Crippen LogP contribution in [0.4, 0.5) is 0 Å². The molecule has 2 bridgehead atoms. The number of carbonyl (C=O) groups excluding carboxylic acids is 1. The van der Waals surface area contributed by atoms with E-state index in [9.17, 15) is 4.79 Å². The Morgan fingerprint density at radius 3 is 3.41 bits per heavy atom. The topological polar surface area (TPSA) is 38.8 Å². The maximum atomic E-state index is 13.3. The fourth-order valence-corrected chi connectivity index (χ4v) is 4.50. The zero-order valence-electron chi connectivity index (χ0n) is 21.9. The number of benzene rings is 1. The first kappa shape index (κ1) is 6.52. The molecule has 2 heterocycles. The lowest BCUT2D eigenvalue weighted by Crippen LogP contribution is -2.65. The highest BCUT2D eigenvalue weighted by atomic mass is 16.5. The normalized spacial score (nSPS) is 53.6. The molecule has 5 rings (SSSR count). The molecule has 2 aliphatic heterocycles. The summed E-state index contributed by atoms with van der Waals surface area (Å²) in [5, 5.41) is 0. The van der Waals surface area contributed by atoms with E-state index in [-0.39, 0.29) is 30.5 Å². The third kappa shape index (κ3) is 1.27. The number of methoxy groups -OCH3 is 1. The van der Waals surface area contributed by atoms with Crippen LogP contribution in [0.5, 0.6) is 11.5 Å². The van der Waals surface area contributed by atoms with Gasteiger partial charge < -0.3 is 14.4 Å². The quantitative estimate of drug-likeness (QED) is 0.795. The number of ketones is 1. The molecule has 1 saturated heterocycles. The van der Waals surface area contributed by atoms with Gasteiger partial charge in [0.1, 0.15) is 0 Å². The zero-order valence-corrected chi connectivity index (χ0v) is 11.9. The van der Waals surface area contributed by atoms with Crippen molar-refractivity contribution in [3.8, 4) is 11.5 Å². The van der Waals surface area contributed by atoms with Crippen LogP contribution in [0.25, 0.3) is 0 Å². The van der Waals surface area contributed by atoms with Gasteiger partial charge in [-0.3, -0.25) is 4.79 Å². The van der Waals surface area contributed by atoms with Crippen LogP contribution in [0, 0.1) is 5.92 Å². The number of hydrogen-bond donors (Lipinski definition) is 0. The number of hydrogen-bond acceptors (Lipinski definition) is 4. The van der Waals surface area contributed by atoms with Crippen molar-refractivity contribution >= 4 is 5.78 Å². The van der Waals surface area contributed by atoms with Gasteiger partial charge in [-0.2, -0.15) is 0 Å². The molecule has 2 fully saturated rings. The Morgan fingerprint density at radius 1 is 1.64 bits per heavy atom. The summed E-state index contributed by atoms with van der Waals surface area (Å²) in [5.74, 6) is -3.04. The molecule has 1 spiro atoms. The van der Waals surface area contributed by atoms with Gasteiger partial charge in [-0.05, 0) is 50.3 Å². The molecule has 0 radical (unpaired) electrons. The van der Waals surface area contributed by atoms with Crippen LogP contribution in [0.3, 0.4) is 0 Å². The molecule has 0 aromatic heterocycles. The Morgan fingerprint density at radius 2 is 2.55 bits per heavy atom. The molecule has 2 aliphatic carbocycles. The van der Waals surface area contributed by atoms with E-state index < -0.39 is 72.6 Å². The first-order valence-electron chi connectivity index (χ1n) is 12.3. The molecule has 1 aromatic rings. The SMILES string of the molecule is [2H]c1c([2H])c2c3c(c1OC([2H])([2H])[2H])OC1([2H])C(=O)C([2H])([2H])C[C@H]4[C@H](N(C)CC[C@@]341)C2([2H])[2H]. The Kier molecular flexibility index (Phi) is 1.20. The smallest absolute Gasteiger partial charge is 0.174 e. The minimum absolute atomic E-state index is 0.0101. The first-order chi connectivity index (χ1) is 14.5. The summed E-state index contributed by atoms with van der Waals surface area (Å²) in [4.78, 5) is 15.0. The highest BCUT2D eigenvalue weighted by molar-refractivity contribution is 5.89. The van der Waals surface area contributed by atoms with Crippen molar-refractivity contribution in [1.82, 2.24) is 4.90 Å². The summed E-state index contributed by atoms with van der Waals surface area (Å²) >= 11 is 0. The van der Waals surface area contributed by atoms with E-state index in [0.717, 1.165) is 0 Å². The standard InChI is InChI=1S/C18H21NO3/c1-19-8-7-18-11-4-5-13(20)17(18)22-16-14(21-2)6-3-10(15(16)18)9-12(11)19/h3,6,11-12,17H,4-5,7-9H2,1-2H3/t11-,12+,17?,18-/m0/s1/i2D3,3D,5D2,6D,9D2,17D. The number of ether oxygens (including phenoxy) is 2. The van der Waals surface area contributed by atoms with Gasteiger partial charge in [-0.1, -0.05) is 6.04 Å². The molecule has 1 saturated carbocycles. The monoisotopic (exact) mass is 309 g/mol. The summed E-state index contributed by atoms with van der Waals surface area (Å²) < 4.78 is 93.6. The highest BCUT2D eigenvalue weighted by Crippen LogP contribution is 2.62. The van der Waals surface area contributed by atoms with E-state index in [4.69, 9.17) is 23.2 Å². The summed E-state index contributed by atoms with van der Waals surface area (Å²) in [6.45, 7) is 0.283. The predicted octanol–water partition coefficient (Wildman–Crippen LogP) is 1.93. The largest absolute Gasteiger partial charge is 0.493 e. The number of piperidine rings is 1. The number of nitrogens with zero attached hydrogens (tertiary/aromatic N) is 1. The number of Topliss-reactive ketones (excluding diaryl/α,β-unsaturated/α-hetero) is 1. The molecule has 116 valence electrons. The Bertz CT molecular complexity index is 1070. The lowest BCUT2D eigenvalue weighted by molar-refractivity contribution is -0.138. The third-order valence-electron chi connectivity index (χ3n) is 5.47. The van der Waals surface area contributed by atoms with Crippen molar-refractivity contribution < 1.29 is 28.0 Å². The van der Waals surface area contributed by atoms with Crippen LogP contribution in [0.2, 0.25) is 0 Å². The fourth-order valence-electron chi connectivity index (χ4n) is 4.50. The lowest BCUT2D eigenvalue weighted by atomic mass is 9.52. The van der Waals surface area contributed by atoms with E-state index >= 15 is 0 Å². The second kappa shape index (κ2) is 4.05. The summed E-state index contributed by atoms with van der Waals surface area (Å²) in [6.07, 6.45) is -7.41. The molecule has 4 atom stereocenters. The Hall–Kier alpha value is -1.55. The van der Waals surface area contributed by atoms with Gasteiger partial charge in [0, 0.05) is 28.9 Å². The van der Waals surface area contributed by atoms with E-state index in [1.165, 1.54) is 0 Å². The molecule has 0 amide bonds. The Labute approximate surface area is 144 Å². The molecular formula is C18H21NO3. The molecule has 1 aromatic carbocycles. The van der Waals surface area contributed by atoms with E-state index in [1.54, 1.807) is 11.9 Å². The lowest BCUT2D eigenvalue weighted by Gasteiger charge is -2.57. The second-order valence-electron chi connectivity index (χ2n) is 6.30. The van der Waals surface area contributed by atoms with E-state index in [2.05, 4.69) is 0 Å². The zero-order chi connectivity index (χ0) is 23.8. The minimum Gasteiger partial charge on any atom is -0.493 e. The van der Waals surface area contributed by atoms with Crippen LogP contribution in [-0.2, 0) is 16.6 Å². The average Bonchev–Trinajstić information content (AvgIpc) is 2.90. The molecule has 4 heteroatoms. The number of likely N-dealkylation sites (N-methyl/N-ethyl adjacent to an activating group) is 1. The van der Waals surface area contributed by atoms with E-state index in [1.807, 2.05) is 0 Å². The van der Waals surface area contributed by atoms with Crippen LogP contribution >= 0.6 is 0 Å². The van der Waals surface area contributed by atoms with Crippen LogP contribution in [0.15, 0.2) is 12.1 Å². The van der Waals surface area contributed by atoms with Gasteiger partial charge in [0.2, 0.25) is 0 Å². The van der Waals surface area contributed by atoms with Gasteiger partial charge in [0.25, 0.3) is 0 Å². The van der Waals surface area contributed by atoms with Crippen LogP contribution < -0.4 is 9.47 Å². The predicted molar refractivity (Wildman–Crippen MR) is 81.6 cm³/mol. The number of carbonyl (C=O) groups is 1. The van der Waals surface area contributed by atoms with Crippen molar-refractivity contribution in [1.29, 1.82) is 0 Å². The fraction of sp³-hybridized carbons (Fsp3) is 0.611. The average molecular weight is 309 g/mol. The van der Waals surface area contributed by atoms with Gasteiger partial charge in [-0.15, -0.1) is 0 Å². The summed E-state index contributed by atoms with van der Waals surface area (Å²) in [6, 6.07) is -2.27. The molecule has 4 nitrogen and oxygen atoms in total. The second-order valence-corrected chi connectivity index (χ2v) is 6.30. The number of rotatable bonds is 1. The van der Waals surface area contributed by atoms with Crippen LogP contribution in [-0.4, -0.2) is 43.4 Å². The maximum Gasteiger partial charge on any atom is 0.174 e. The van der Waals surface area contributed by atoms with Gasteiger partial charge in [-0.25, -0.2) is 0 Å². The molecular weight excluding hydrogens is 278 g/mol. The molecule has 22 heavy (non-hydrogen) atoms. The Balaban J connectivity index is 1.94. The third-order valence-corrected chi connectivity index (χ3v) is 5.47.